The molecule has 0 amide bonds. The predicted molar refractivity (Wildman–Crippen MR) is 58.5 cm³/mol. The average Bonchev–Trinajstić information content (AvgIpc) is 2.41. The van der Waals surface area contributed by atoms with E-state index < -0.39 is 11.4 Å². The zero-order valence-electron chi connectivity index (χ0n) is 9.46. The van der Waals surface area contributed by atoms with Crippen molar-refractivity contribution in [3.05, 3.63) is 0 Å². The molecule has 15 heavy (non-hydrogen) atoms. The summed E-state index contributed by atoms with van der Waals surface area (Å²) in [5.74, 6) is -0.711. The highest BCUT2D eigenvalue weighted by Gasteiger charge is 2.54. The zero-order chi connectivity index (χ0) is 11.1. The molecular weight excluding hydrogens is 190 g/mol. The summed E-state index contributed by atoms with van der Waals surface area (Å²) >= 11 is 0. The van der Waals surface area contributed by atoms with E-state index in [1.54, 1.807) is 0 Å². The number of carbonyl (C=O) groups is 1. The molecule has 0 aliphatic heterocycles. The van der Waals surface area contributed by atoms with Gasteiger partial charge in [-0.3, -0.25) is 4.79 Å². The van der Waals surface area contributed by atoms with Crippen LogP contribution in [0.3, 0.4) is 0 Å². The summed E-state index contributed by atoms with van der Waals surface area (Å²) in [6.07, 6.45) is 7.88. The molecule has 3 nitrogen and oxygen atoms in total. The van der Waals surface area contributed by atoms with Gasteiger partial charge in [0.15, 0.2) is 0 Å². The minimum absolute atomic E-state index is 0.159. The molecule has 0 heterocycles. The van der Waals surface area contributed by atoms with Crippen LogP contribution in [0.25, 0.3) is 0 Å². The van der Waals surface area contributed by atoms with Crippen LogP contribution in [0.1, 0.15) is 51.9 Å². The van der Waals surface area contributed by atoms with Gasteiger partial charge in [0.2, 0.25) is 0 Å². The van der Waals surface area contributed by atoms with Crippen LogP contribution in [0.5, 0.6) is 0 Å². The Morgan fingerprint density at radius 3 is 2.40 bits per heavy atom. The highest BCUT2D eigenvalue weighted by Crippen LogP contribution is 2.55. The van der Waals surface area contributed by atoms with Crippen molar-refractivity contribution < 1.29 is 9.90 Å². The van der Waals surface area contributed by atoms with Crippen molar-refractivity contribution in [3.63, 3.8) is 0 Å². The number of nitrogens with two attached hydrogens (primary N) is 1. The van der Waals surface area contributed by atoms with Crippen molar-refractivity contribution in [1.29, 1.82) is 0 Å². The van der Waals surface area contributed by atoms with Gasteiger partial charge in [-0.1, -0.05) is 19.3 Å². The smallest absolute Gasteiger partial charge is 0.310 e. The van der Waals surface area contributed by atoms with E-state index in [0.717, 1.165) is 12.8 Å². The molecule has 2 atom stereocenters. The summed E-state index contributed by atoms with van der Waals surface area (Å²) in [7, 11) is 0. The topological polar surface area (TPSA) is 63.3 Å². The van der Waals surface area contributed by atoms with Crippen LogP contribution in [0.2, 0.25) is 0 Å². The summed E-state index contributed by atoms with van der Waals surface area (Å²) in [4.78, 5) is 11.3. The Kier molecular flexibility index (Phi) is 2.53. The fraction of sp³-hybridized carbons (Fsp3) is 0.917. The SMILES string of the molecule is CC1(C(=O)O)CC2(CCCCC2)CC1N. The molecule has 86 valence electrons. The van der Waals surface area contributed by atoms with Crippen LogP contribution in [-0.2, 0) is 4.79 Å². The van der Waals surface area contributed by atoms with Gasteiger partial charge in [-0.2, -0.15) is 0 Å². The van der Waals surface area contributed by atoms with Gasteiger partial charge in [0.1, 0.15) is 0 Å². The van der Waals surface area contributed by atoms with E-state index in [1.165, 1.54) is 32.1 Å². The number of hydrogen-bond acceptors (Lipinski definition) is 2. The van der Waals surface area contributed by atoms with Gasteiger partial charge in [-0.05, 0) is 38.0 Å². The largest absolute Gasteiger partial charge is 0.481 e. The highest BCUT2D eigenvalue weighted by atomic mass is 16.4. The van der Waals surface area contributed by atoms with Crippen LogP contribution >= 0.6 is 0 Å². The van der Waals surface area contributed by atoms with Gasteiger partial charge < -0.3 is 10.8 Å². The van der Waals surface area contributed by atoms with Crippen LogP contribution in [0.4, 0.5) is 0 Å². The molecule has 0 radical (unpaired) electrons. The number of carboxylic acid groups (broad SMARTS) is 1. The lowest BCUT2D eigenvalue weighted by molar-refractivity contribution is -0.148. The Balaban J connectivity index is 2.18. The summed E-state index contributed by atoms with van der Waals surface area (Å²) in [6, 6.07) is -0.159. The van der Waals surface area contributed by atoms with Crippen molar-refractivity contribution in [2.75, 3.05) is 0 Å². The molecule has 2 unspecified atom stereocenters. The van der Waals surface area contributed by atoms with E-state index in [4.69, 9.17) is 5.73 Å². The van der Waals surface area contributed by atoms with E-state index in [9.17, 15) is 9.90 Å². The second-order valence-corrected chi connectivity index (χ2v) is 5.77. The van der Waals surface area contributed by atoms with Crippen LogP contribution in [0.15, 0.2) is 0 Å². The fourth-order valence-electron chi connectivity index (χ4n) is 3.59. The maximum Gasteiger partial charge on any atom is 0.310 e. The Bertz CT molecular complexity index is 271. The molecule has 0 aromatic heterocycles. The third-order valence-electron chi connectivity index (χ3n) is 4.62. The molecule has 3 N–H and O–H groups in total. The first-order chi connectivity index (χ1) is 6.99. The van der Waals surface area contributed by atoms with Crippen molar-refractivity contribution in [3.8, 4) is 0 Å². The van der Waals surface area contributed by atoms with Crippen molar-refractivity contribution in [2.45, 2.75) is 57.9 Å². The molecule has 2 saturated carbocycles. The monoisotopic (exact) mass is 211 g/mol. The van der Waals surface area contributed by atoms with Gasteiger partial charge in [0.25, 0.3) is 0 Å². The highest BCUT2D eigenvalue weighted by molar-refractivity contribution is 5.75. The van der Waals surface area contributed by atoms with Crippen molar-refractivity contribution in [1.82, 2.24) is 0 Å². The predicted octanol–water partition coefficient (Wildman–Crippen LogP) is 2.15. The van der Waals surface area contributed by atoms with Gasteiger partial charge in [-0.15, -0.1) is 0 Å². The molecule has 0 aromatic carbocycles. The second-order valence-electron chi connectivity index (χ2n) is 5.77. The number of rotatable bonds is 1. The van der Waals surface area contributed by atoms with Crippen LogP contribution in [0, 0.1) is 10.8 Å². The summed E-state index contributed by atoms with van der Waals surface area (Å²) in [5, 5.41) is 9.28. The first-order valence-corrected chi connectivity index (χ1v) is 5.98. The quantitative estimate of drug-likeness (QED) is 0.698. The maximum atomic E-state index is 11.3. The molecule has 2 aliphatic carbocycles. The summed E-state index contributed by atoms with van der Waals surface area (Å²) in [6.45, 7) is 1.82. The standard InChI is InChI=1S/C12H21NO2/c1-11(10(14)15)8-12(7-9(11)13)5-3-2-4-6-12/h9H,2-8,13H2,1H3,(H,14,15). The van der Waals surface area contributed by atoms with Crippen molar-refractivity contribution >= 4 is 5.97 Å². The molecule has 1 spiro atoms. The number of aliphatic carboxylic acids is 1. The van der Waals surface area contributed by atoms with E-state index >= 15 is 0 Å². The molecule has 0 aromatic rings. The Morgan fingerprint density at radius 2 is 1.93 bits per heavy atom. The third-order valence-corrected chi connectivity index (χ3v) is 4.62. The van der Waals surface area contributed by atoms with E-state index in [1.807, 2.05) is 6.92 Å². The molecule has 3 heteroatoms. The Morgan fingerprint density at radius 1 is 1.33 bits per heavy atom. The molecule has 2 fully saturated rings. The van der Waals surface area contributed by atoms with E-state index in [-0.39, 0.29) is 11.5 Å². The van der Waals surface area contributed by atoms with E-state index in [2.05, 4.69) is 0 Å². The lowest BCUT2D eigenvalue weighted by Gasteiger charge is -2.34. The normalized spacial score (nSPS) is 39.5. The average molecular weight is 211 g/mol. The first-order valence-electron chi connectivity index (χ1n) is 5.98. The first kappa shape index (κ1) is 10.9. The molecule has 2 aliphatic rings. The minimum atomic E-state index is -0.711. The molecule has 0 bridgehead atoms. The second kappa shape index (κ2) is 3.48. The maximum absolute atomic E-state index is 11.3. The lowest BCUT2D eigenvalue weighted by Crippen LogP contribution is -2.40. The fourth-order valence-corrected chi connectivity index (χ4v) is 3.59. The zero-order valence-corrected chi connectivity index (χ0v) is 9.46. The molecule has 0 saturated heterocycles. The van der Waals surface area contributed by atoms with Crippen molar-refractivity contribution in [2.24, 2.45) is 16.6 Å². The van der Waals surface area contributed by atoms with Gasteiger partial charge >= 0.3 is 5.97 Å². The van der Waals surface area contributed by atoms with Gasteiger partial charge in [0.05, 0.1) is 5.41 Å². The summed E-state index contributed by atoms with van der Waals surface area (Å²) < 4.78 is 0. The number of hydrogen-bond donors (Lipinski definition) is 2. The lowest BCUT2D eigenvalue weighted by atomic mass is 9.71. The van der Waals surface area contributed by atoms with E-state index in [0.29, 0.717) is 0 Å². The third kappa shape index (κ3) is 1.67. The Hall–Kier alpha value is -0.570. The van der Waals surface area contributed by atoms with Gasteiger partial charge in [-0.25, -0.2) is 0 Å². The van der Waals surface area contributed by atoms with Crippen LogP contribution < -0.4 is 5.73 Å². The van der Waals surface area contributed by atoms with Crippen LogP contribution in [-0.4, -0.2) is 17.1 Å². The Labute approximate surface area is 91.0 Å². The summed E-state index contributed by atoms with van der Waals surface area (Å²) in [5.41, 5.74) is 5.61. The molecule has 2 rings (SSSR count). The minimum Gasteiger partial charge on any atom is -0.481 e. The van der Waals surface area contributed by atoms with Gasteiger partial charge in [0, 0.05) is 6.04 Å². The number of carboxylic acids is 1. The molecular formula is C12H21NO2.